The van der Waals surface area contributed by atoms with Crippen LogP contribution in [0, 0.1) is 0 Å². The number of nitrogens with zero attached hydrogens (tertiary/aromatic N) is 3. The van der Waals surface area contributed by atoms with E-state index in [1.54, 1.807) is 4.68 Å². The first-order valence-corrected chi connectivity index (χ1v) is 8.35. The number of carbonyl (C=O) groups is 1. The number of hydrogen-bond donors (Lipinski definition) is 2. The Bertz CT molecular complexity index is 905. The number of amides is 1. The molecule has 0 saturated heterocycles. The third-order valence-corrected chi connectivity index (χ3v) is 4.25. The van der Waals surface area contributed by atoms with Crippen molar-refractivity contribution in [3.8, 4) is 5.75 Å². The minimum absolute atomic E-state index is 0.103. The van der Waals surface area contributed by atoms with E-state index in [0.717, 1.165) is 28.9 Å². The molecular formula is C18H19N5O2. The summed E-state index contributed by atoms with van der Waals surface area (Å²) in [5.74, 6) is 0.675. The Hall–Kier alpha value is -2.93. The second kappa shape index (κ2) is 6.90. The Morgan fingerprint density at radius 1 is 1.24 bits per heavy atom. The zero-order valence-corrected chi connectivity index (χ0v) is 13.7. The molecule has 7 nitrogen and oxygen atoms in total. The fourth-order valence-electron chi connectivity index (χ4n) is 3.00. The number of para-hydroxylation sites is 1. The van der Waals surface area contributed by atoms with Crippen LogP contribution < -0.4 is 15.4 Å². The minimum Gasteiger partial charge on any atom is -0.492 e. The standard InChI is InChI=1S/C18H19N5O2/c24-18(13-4-3-7-17-14(13)12-19-9-11-25-17)20-8-10-23-16-6-2-1-5-15(16)21-22-23/h1-7,19H,8-12H2,(H,20,24). The zero-order chi connectivity index (χ0) is 17.1. The van der Waals surface area contributed by atoms with Crippen LogP contribution in [0.4, 0.5) is 0 Å². The predicted molar refractivity (Wildman–Crippen MR) is 93.5 cm³/mol. The third-order valence-electron chi connectivity index (χ3n) is 4.25. The van der Waals surface area contributed by atoms with Crippen LogP contribution in [0.1, 0.15) is 15.9 Å². The Kier molecular flexibility index (Phi) is 4.30. The molecule has 1 aliphatic heterocycles. The average molecular weight is 337 g/mol. The predicted octanol–water partition coefficient (Wildman–Crippen LogP) is 1.34. The Morgan fingerprint density at radius 2 is 2.16 bits per heavy atom. The van der Waals surface area contributed by atoms with Gasteiger partial charge in [-0.25, -0.2) is 4.68 Å². The van der Waals surface area contributed by atoms with Gasteiger partial charge in [0.15, 0.2) is 0 Å². The van der Waals surface area contributed by atoms with Crippen LogP contribution in [0.2, 0.25) is 0 Å². The van der Waals surface area contributed by atoms with Gasteiger partial charge in [-0.05, 0) is 24.3 Å². The molecule has 0 fully saturated rings. The van der Waals surface area contributed by atoms with Crippen molar-refractivity contribution in [3.05, 3.63) is 53.6 Å². The Morgan fingerprint density at radius 3 is 3.12 bits per heavy atom. The second-order valence-corrected chi connectivity index (χ2v) is 5.86. The van der Waals surface area contributed by atoms with Crippen LogP contribution >= 0.6 is 0 Å². The summed E-state index contributed by atoms with van der Waals surface area (Å²) in [6.45, 7) is 3.05. The molecule has 0 unspecified atom stereocenters. The Labute approximate surface area is 145 Å². The van der Waals surface area contributed by atoms with Crippen molar-refractivity contribution in [2.24, 2.45) is 0 Å². The monoisotopic (exact) mass is 337 g/mol. The van der Waals surface area contributed by atoms with Crippen LogP contribution in [-0.2, 0) is 13.1 Å². The van der Waals surface area contributed by atoms with E-state index >= 15 is 0 Å². The summed E-state index contributed by atoms with van der Waals surface area (Å²) in [6.07, 6.45) is 0. The van der Waals surface area contributed by atoms with E-state index in [1.165, 1.54) is 0 Å². The largest absolute Gasteiger partial charge is 0.492 e. The van der Waals surface area contributed by atoms with Crippen molar-refractivity contribution in [1.82, 2.24) is 25.6 Å². The van der Waals surface area contributed by atoms with Crippen molar-refractivity contribution < 1.29 is 9.53 Å². The van der Waals surface area contributed by atoms with Gasteiger partial charge in [-0.2, -0.15) is 0 Å². The molecule has 0 aliphatic carbocycles. The SMILES string of the molecule is O=C(NCCn1nnc2ccccc21)c1cccc2c1CNCCO2. The van der Waals surface area contributed by atoms with Crippen LogP contribution in [-0.4, -0.2) is 40.6 Å². The molecule has 0 bridgehead atoms. The number of rotatable bonds is 4. The van der Waals surface area contributed by atoms with E-state index in [0.29, 0.717) is 31.8 Å². The van der Waals surface area contributed by atoms with Gasteiger partial charge in [0.2, 0.25) is 0 Å². The lowest BCUT2D eigenvalue weighted by molar-refractivity contribution is 0.0950. The smallest absolute Gasteiger partial charge is 0.251 e. The van der Waals surface area contributed by atoms with Gasteiger partial charge in [-0.1, -0.05) is 23.4 Å². The first-order valence-electron chi connectivity index (χ1n) is 8.35. The van der Waals surface area contributed by atoms with E-state index in [1.807, 2.05) is 42.5 Å². The molecule has 1 amide bonds. The first kappa shape index (κ1) is 15.6. The summed E-state index contributed by atoms with van der Waals surface area (Å²) < 4.78 is 7.48. The van der Waals surface area contributed by atoms with Gasteiger partial charge in [0.1, 0.15) is 17.9 Å². The lowest BCUT2D eigenvalue weighted by Gasteiger charge is -2.12. The van der Waals surface area contributed by atoms with E-state index in [4.69, 9.17) is 4.74 Å². The lowest BCUT2D eigenvalue weighted by Crippen LogP contribution is -2.29. The summed E-state index contributed by atoms with van der Waals surface area (Å²) in [6, 6.07) is 13.4. The molecule has 0 atom stereocenters. The average Bonchev–Trinajstić information content (AvgIpc) is 2.89. The van der Waals surface area contributed by atoms with Gasteiger partial charge in [-0.15, -0.1) is 5.10 Å². The molecule has 0 radical (unpaired) electrons. The highest BCUT2D eigenvalue weighted by molar-refractivity contribution is 5.96. The highest BCUT2D eigenvalue weighted by Gasteiger charge is 2.17. The van der Waals surface area contributed by atoms with E-state index in [2.05, 4.69) is 20.9 Å². The molecule has 2 heterocycles. The van der Waals surface area contributed by atoms with E-state index in [9.17, 15) is 4.79 Å². The highest BCUT2D eigenvalue weighted by Crippen LogP contribution is 2.23. The fraction of sp³-hybridized carbons (Fsp3) is 0.278. The number of aromatic nitrogens is 3. The van der Waals surface area contributed by atoms with Crippen LogP contribution in [0.25, 0.3) is 11.0 Å². The first-order chi connectivity index (χ1) is 12.3. The molecular weight excluding hydrogens is 318 g/mol. The number of fused-ring (bicyclic) bond motifs is 2. The molecule has 3 aromatic rings. The van der Waals surface area contributed by atoms with Gasteiger partial charge in [-0.3, -0.25) is 4.79 Å². The van der Waals surface area contributed by atoms with Crippen molar-refractivity contribution in [2.75, 3.05) is 19.7 Å². The molecule has 0 saturated carbocycles. The van der Waals surface area contributed by atoms with Gasteiger partial charge >= 0.3 is 0 Å². The van der Waals surface area contributed by atoms with Crippen molar-refractivity contribution in [2.45, 2.75) is 13.1 Å². The maximum absolute atomic E-state index is 12.6. The maximum atomic E-state index is 12.6. The molecule has 4 rings (SSSR count). The topological polar surface area (TPSA) is 81.1 Å². The quantitative estimate of drug-likeness (QED) is 0.751. The Balaban J connectivity index is 1.44. The number of hydrogen-bond acceptors (Lipinski definition) is 5. The number of carbonyl (C=O) groups excluding carboxylic acids is 1. The minimum atomic E-state index is -0.103. The molecule has 7 heteroatoms. The number of nitrogens with one attached hydrogen (secondary N) is 2. The van der Waals surface area contributed by atoms with Crippen LogP contribution in [0.15, 0.2) is 42.5 Å². The van der Waals surface area contributed by atoms with E-state index in [-0.39, 0.29) is 5.91 Å². The maximum Gasteiger partial charge on any atom is 0.251 e. The summed E-state index contributed by atoms with van der Waals surface area (Å²) in [5, 5.41) is 14.5. The summed E-state index contributed by atoms with van der Waals surface area (Å²) in [7, 11) is 0. The van der Waals surface area contributed by atoms with Gasteiger partial charge in [0.25, 0.3) is 5.91 Å². The summed E-state index contributed by atoms with van der Waals surface area (Å²) in [4.78, 5) is 12.6. The fourth-order valence-corrected chi connectivity index (χ4v) is 3.00. The second-order valence-electron chi connectivity index (χ2n) is 5.86. The molecule has 25 heavy (non-hydrogen) atoms. The molecule has 1 aromatic heterocycles. The molecule has 2 N–H and O–H groups in total. The van der Waals surface area contributed by atoms with Crippen molar-refractivity contribution in [3.63, 3.8) is 0 Å². The molecule has 1 aliphatic rings. The number of ether oxygens (including phenoxy) is 1. The molecule has 0 spiro atoms. The van der Waals surface area contributed by atoms with Crippen LogP contribution in [0.3, 0.4) is 0 Å². The van der Waals surface area contributed by atoms with Gasteiger partial charge in [0.05, 0.1) is 12.1 Å². The highest BCUT2D eigenvalue weighted by atomic mass is 16.5. The van der Waals surface area contributed by atoms with E-state index < -0.39 is 0 Å². The summed E-state index contributed by atoms with van der Waals surface area (Å²) >= 11 is 0. The van der Waals surface area contributed by atoms with Gasteiger partial charge in [0, 0.05) is 30.8 Å². The molecule has 128 valence electrons. The van der Waals surface area contributed by atoms with Crippen molar-refractivity contribution >= 4 is 16.9 Å². The van der Waals surface area contributed by atoms with Gasteiger partial charge < -0.3 is 15.4 Å². The molecule has 2 aromatic carbocycles. The van der Waals surface area contributed by atoms with Crippen LogP contribution in [0.5, 0.6) is 5.75 Å². The van der Waals surface area contributed by atoms with Crippen molar-refractivity contribution in [1.29, 1.82) is 0 Å². The normalized spacial score (nSPS) is 13.8. The zero-order valence-electron chi connectivity index (χ0n) is 13.7. The third kappa shape index (κ3) is 3.18. The number of benzene rings is 2. The lowest BCUT2D eigenvalue weighted by atomic mass is 10.1. The summed E-state index contributed by atoms with van der Waals surface area (Å²) in [5.41, 5.74) is 3.37.